The second-order valence-electron chi connectivity index (χ2n) is 12.1. The monoisotopic (exact) mass is 717 g/mol. The zero-order chi connectivity index (χ0) is 31.5. The molecular formula is C38H58BrNO3P2. The Bertz CT molecular complexity index is 1090. The van der Waals surface area contributed by atoms with E-state index in [0.29, 0.717) is 13.2 Å². The van der Waals surface area contributed by atoms with Gasteiger partial charge in [-0.05, 0) is 82.0 Å². The van der Waals surface area contributed by atoms with Crippen molar-refractivity contribution in [1.82, 2.24) is 5.32 Å². The average Bonchev–Trinajstić information content (AvgIpc) is 3.04. The molecule has 1 atom stereocenters. The van der Waals surface area contributed by atoms with Gasteiger partial charge in [-0.1, -0.05) is 113 Å². The van der Waals surface area contributed by atoms with Crippen LogP contribution in [0.15, 0.2) is 91.0 Å². The zero-order valence-corrected chi connectivity index (χ0v) is 31.6. The first-order valence-corrected chi connectivity index (χ1v) is 20.7. The third kappa shape index (κ3) is 12.3. The topological polar surface area (TPSA) is 47.6 Å². The number of benzene rings is 3. The van der Waals surface area contributed by atoms with Crippen LogP contribution in [0.25, 0.3) is 0 Å². The molecular weight excluding hydrogens is 660 g/mol. The van der Waals surface area contributed by atoms with Crippen LogP contribution >= 0.6 is 14.9 Å². The highest BCUT2D eigenvalue weighted by molar-refractivity contribution is 7.95. The van der Waals surface area contributed by atoms with Gasteiger partial charge >= 0.3 is 7.60 Å². The maximum absolute atomic E-state index is 13.2. The van der Waals surface area contributed by atoms with Gasteiger partial charge in [0.05, 0.1) is 19.4 Å². The Morgan fingerprint density at radius 2 is 0.956 bits per heavy atom. The lowest BCUT2D eigenvalue weighted by molar-refractivity contribution is -0.0000143. The minimum Gasteiger partial charge on any atom is -1.00 e. The lowest BCUT2D eigenvalue weighted by Gasteiger charge is -2.29. The predicted octanol–water partition coefficient (Wildman–Crippen LogP) is 6.72. The van der Waals surface area contributed by atoms with E-state index in [2.05, 4.69) is 110 Å². The van der Waals surface area contributed by atoms with Crippen molar-refractivity contribution in [3.63, 3.8) is 0 Å². The molecule has 3 aromatic rings. The molecule has 0 saturated carbocycles. The highest BCUT2D eigenvalue weighted by atomic mass is 79.9. The molecule has 0 aromatic heterocycles. The summed E-state index contributed by atoms with van der Waals surface area (Å²) in [7, 11) is -4.83. The molecule has 0 aliphatic carbocycles. The SMILES string of the molecule is CCOP(=O)(OCC)C(NCCCCCCCCCCCC[P+](c1ccccc1)(c1ccccc1)c1ccccc1)C(C)C.[Br-]. The van der Waals surface area contributed by atoms with Gasteiger partial charge in [-0.2, -0.15) is 0 Å². The van der Waals surface area contributed by atoms with Crippen LogP contribution in [0.2, 0.25) is 0 Å². The van der Waals surface area contributed by atoms with Crippen molar-refractivity contribution in [3.8, 4) is 0 Å². The molecule has 0 amide bonds. The molecule has 250 valence electrons. The molecule has 0 aliphatic rings. The maximum atomic E-state index is 13.2. The van der Waals surface area contributed by atoms with Crippen molar-refractivity contribution < 1.29 is 30.6 Å². The number of rotatable bonds is 23. The minimum atomic E-state index is -3.13. The minimum absolute atomic E-state index is 0. The Balaban J connectivity index is 0.00000705. The Morgan fingerprint density at radius 1 is 0.600 bits per heavy atom. The fourth-order valence-corrected chi connectivity index (χ4v) is 12.9. The van der Waals surface area contributed by atoms with Crippen LogP contribution in [0.4, 0.5) is 0 Å². The Labute approximate surface area is 286 Å². The third-order valence-electron chi connectivity index (χ3n) is 8.45. The van der Waals surface area contributed by atoms with Crippen molar-refractivity contribution in [1.29, 1.82) is 0 Å². The van der Waals surface area contributed by atoms with Crippen LogP contribution in [0.3, 0.4) is 0 Å². The highest BCUT2D eigenvalue weighted by Gasteiger charge is 2.44. The second kappa shape index (κ2) is 22.3. The van der Waals surface area contributed by atoms with Gasteiger partial charge in [0.15, 0.2) is 0 Å². The summed E-state index contributed by atoms with van der Waals surface area (Å²) in [6.45, 7) is 9.56. The molecule has 0 saturated heterocycles. The first-order chi connectivity index (χ1) is 21.5. The summed E-state index contributed by atoms with van der Waals surface area (Å²) < 4.78 is 24.4. The summed E-state index contributed by atoms with van der Waals surface area (Å²) in [6, 6.07) is 33.8. The molecule has 0 bridgehead atoms. The van der Waals surface area contributed by atoms with E-state index in [-0.39, 0.29) is 28.7 Å². The standard InChI is InChI=1S/C38H58NO3P2.BrH/c1-5-41-44(40,42-6-2)38(34(3)4)39-32-24-13-11-9-7-8-10-12-14-25-33-43(35-26-18-15-19-27-35,36-28-20-16-21-29-36)37-30-22-17-23-31-37;/h15-23,26-31,34,38-39H,5-14,24-25,32-33H2,1-4H3;1H/q+1;/p-1. The van der Waals surface area contributed by atoms with Crippen molar-refractivity contribution in [2.75, 3.05) is 25.9 Å². The average molecular weight is 719 g/mol. The van der Waals surface area contributed by atoms with E-state index < -0.39 is 14.9 Å². The highest BCUT2D eigenvalue weighted by Crippen LogP contribution is 2.56. The van der Waals surface area contributed by atoms with Gasteiger partial charge in [0, 0.05) is 0 Å². The lowest BCUT2D eigenvalue weighted by Crippen LogP contribution is -3.00. The summed E-state index contributed by atoms with van der Waals surface area (Å²) in [4.78, 5) is 0. The number of hydrogen-bond acceptors (Lipinski definition) is 4. The number of halogens is 1. The number of nitrogens with one attached hydrogen (secondary N) is 1. The molecule has 0 spiro atoms. The van der Waals surface area contributed by atoms with E-state index in [0.717, 1.165) is 13.0 Å². The number of hydrogen-bond donors (Lipinski definition) is 1. The van der Waals surface area contributed by atoms with E-state index in [9.17, 15) is 4.57 Å². The first-order valence-electron chi connectivity index (χ1n) is 17.1. The summed E-state index contributed by atoms with van der Waals surface area (Å²) in [6.07, 6.45) is 13.9. The molecule has 3 aromatic carbocycles. The van der Waals surface area contributed by atoms with Crippen molar-refractivity contribution in [3.05, 3.63) is 91.0 Å². The molecule has 0 fully saturated rings. The second-order valence-corrected chi connectivity index (χ2v) is 17.9. The molecule has 1 unspecified atom stereocenters. The van der Waals surface area contributed by atoms with Gasteiger partial charge in [0.25, 0.3) is 0 Å². The zero-order valence-electron chi connectivity index (χ0n) is 28.2. The molecule has 1 N–H and O–H groups in total. The van der Waals surface area contributed by atoms with Crippen LogP contribution in [0.1, 0.15) is 91.9 Å². The fraction of sp³-hybridized carbons (Fsp3) is 0.526. The van der Waals surface area contributed by atoms with Gasteiger partial charge < -0.3 is 31.3 Å². The third-order valence-corrected chi connectivity index (χ3v) is 15.7. The van der Waals surface area contributed by atoms with Crippen LogP contribution in [-0.2, 0) is 13.6 Å². The van der Waals surface area contributed by atoms with Crippen LogP contribution in [0, 0.1) is 5.92 Å². The Hall–Kier alpha value is -1.32. The van der Waals surface area contributed by atoms with Crippen molar-refractivity contribution >= 4 is 30.8 Å². The van der Waals surface area contributed by atoms with Crippen molar-refractivity contribution in [2.24, 2.45) is 5.92 Å². The van der Waals surface area contributed by atoms with Crippen molar-refractivity contribution in [2.45, 2.75) is 97.7 Å². The first kappa shape index (κ1) is 39.9. The molecule has 7 heteroatoms. The normalized spacial score (nSPS) is 12.6. The van der Waals surface area contributed by atoms with Crippen LogP contribution in [-0.4, -0.2) is 31.7 Å². The van der Waals surface area contributed by atoms with Crippen LogP contribution < -0.4 is 38.2 Å². The van der Waals surface area contributed by atoms with E-state index in [1.54, 1.807) is 0 Å². The van der Waals surface area contributed by atoms with E-state index in [1.807, 2.05) is 13.8 Å². The van der Waals surface area contributed by atoms with Gasteiger partial charge in [-0.25, -0.2) is 0 Å². The molecule has 0 radical (unpaired) electrons. The molecule has 4 nitrogen and oxygen atoms in total. The summed E-state index contributed by atoms with van der Waals surface area (Å²) in [5, 5.41) is 7.96. The van der Waals surface area contributed by atoms with Crippen LogP contribution in [0.5, 0.6) is 0 Å². The predicted molar refractivity (Wildman–Crippen MR) is 194 cm³/mol. The Morgan fingerprint density at radius 3 is 1.31 bits per heavy atom. The summed E-state index contributed by atoms with van der Waals surface area (Å²) in [5.74, 6) is -0.0602. The van der Waals surface area contributed by atoms with E-state index >= 15 is 0 Å². The smallest absolute Gasteiger partial charge is 0.347 e. The molecule has 0 heterocycles. The van der Waals surface area contributed by atoms with Gasteiger partial charge in [-0.15, -0.1) is 0 Å². The summed E-state index contributed by atoms with van der Waals surface area (Å²) >= 11 is 0. The molecule has 3 rings (SSSR count). The van der Waals surface area contributed by atoms with E-state index in [4.69, 9.17) is 9.05 Å². The summed E-state index contributed by atoms with van der Waals surface area (Å²) in [5.41, 5.74) is 0. The molecule has 45 heavy (non-hydrogen) atoms. The Kier molecular flexibility index (Phi) is 19.7. The van der Waals surface area contributed by atoms with Gasteiger partial charge in [-0.3, -0.25) is 4.57 Å². The quantitative estimate of drug-likeness (QED) is 0.0874. The van der Waals surface area contributed by atoms with Gasteiger partial charge in [0.1, 0.15) is 29.0 Å². The lowest BCUT2D eigenvalue weighted by atomic mass is 10.1. The number of unbranched alkanes of at least 4 members (excludes halogenated alkanes) is 9. The van der Waals surface area contributed by atoms with Gasteiger partial charge in [0.2, 0.25) is 0 Å². The largest absolute Gasteiger partial charge is 1.00 e. The fourth-order valence-electron chi connectivity index (χ4n) is 6.29. The maximum Gasteiger partial charge on any atom is 0.347 e. The molecule has 0 aliphatic heterocycles. The van der Waals surface area contributed by atoms with E-state index in [1.165, 1.54) is 79.9 Å².